The number of hydrogen-bond donors (Lipinski definition) is 2. The lowest BCUT2D eigenvalue weighted by atomic mass is 9.92. The van der Waals surface area contributed by atoms with Crippen LogP contribution in [0.1, 0.15) is 40.1 Å². The van der Waals surface area contributed by atoms with E-state index in [1.54, 1.807) is 12.1 Å². The molecule has 2 aliphatic rings. The first-order valence-electron chi connectivity index (χ1n) is 14.4. The third kappa shape index (κ3) is 5.02. The number of hydrogen-bond acceptors (Lipinski definition) is 8. The van der Waals surface area contributed by atoms with Gasteiger partial charge < -0.3 is 20.3 Å². The summed E-state index contributed by atoms with van der Waals surface area (Å²) in [5.74, 6) is 1.34. The number of para-hydroxylation sites is 3. The Bertz CT molecular complexity index is 2000. The summed E-state index contributed by atoms with van der Waals surface area (Å²) in [5, 5.41) is 11.2. The summed E-state index contributed by atoms with van der Waals surface area (Å²) in [6.07, 6.45) is 0. The number of amides is 1. The van der Waals surface area contributed by atoms with Crippen LogP contribution in [-0.2, 0) is 9.53 Å². The summed E-state index contributed by atoms with van der Waals surface area (Å²) in [6, 6.07) is 32.4. The summed E-state index contributed by atoms with van der Waals surface area (Å²) in [7, 11) is 1.37. The lowest BCUT2D eigenvalue weighted by molar-refractivity contribution is -0.114. The highest BCUT2D eigenvalue weighted by atomic mass is 16.5. The number of benzene rings is 4. The topological polar surface area (TPSA) is 113 Å². The molecule has 2 N–H and O–H groups in total. The minimum Gasteiger partial charge on any atom is -0.465 e. The summed E-state index contributed by atoms with van der Waals surface area (Å²) in [5.41, 5.74) is 7.23. The predicted octanol–water partition coefficient (Wildman–Crippen LogP) is 6.72. The van der Waals surface area contributed by atoms with Crippen LogP contribution in [0, 0.1) is 6.92 Å². The minimum atomic E-state index is -0.396. The average Bonchev–Trinajstić information content (AvgIpc) is 3.40. The molecule has 0 aliphatic carbocycles. The van der Waals surface area contributed by atoms with Gasteiger partial charge in [0.2, 0.25) is 5.91 Å². The smallest absolute Gasteiger partial charge is 0.337 e. The van der Waals surface area contributed by atoms with Crippen molar-refractivity contribution >= 4 is 52.1 Å². The number of rotatable bonds is 5. The number of fused-ring (bicyclic) bond motifs is 4. The zero-order chi connectivity index (χ0) is 31.1. The van der Waals surface area contributed by atoms with E-state index in [1.165, 1.54) is 14.0 Å². The van der Waals surface area contributed by atoms with Crippen molar-refractivity contribution in [1.82, 2.24) is 9.78 Å². The minimum absolute atomic E-state index is 0.136. The largest absolute Gasteiger partial charge is 0.465 e. The second-order valence-corrected chi connectivity index (χ2v) is 10.7. The van der Waals surface area contributed by atoms with Gasteiger partial charge in [-0.2, -0.15) is 5.10 Å². The number of aryl methyl sites for hydroxylation is 1. The lowest BCUT2D eigenvalue weighted by Gasteiger charge is -2.40. The van der Waals surface area contributed by atoms with Crippen molar-refractivity contribution in [3.05, 3.63) is 126 Å². The molecular weight excluding hydrogens is 566 g/mol. The second-order valence-electron chi connectivity index (χ2n) is 10.7. The van der Waals surface area contributed by atoms with Gasteiger partial charge in [0.25, 0.3) is 0 Å². The molecule has 4 aromatic carbocycles. The molecule has 45 heavy (non-hydrogen) atoms. The van der Waals surface area contributed by atoms with Gasteiger partial charge in [-0.05, 0) is 73.2 Å². The molecular formula is C35H29N7O3. The van der Waals surface area contributed by atoms with Gasteiger partial charge >= 0.3 is 5.97 Å². The number of methoxy groups -OCH3 is 1. The van der Waals surface area contributed by atoms with Crippen LogP contribution in [-0.4, -0.2) is 40.4 Å². The van der Waals surface area contributed by atoms with E-state index in [-0.39, 0.29) is 11.9 Å². The molecule has 1 amide bonds. The van der Waals surface area contributed by atoms with Crippen LogP contribution in [0.2, 0.25) is 0 Å². The third-order valence-electron chi connectivity index (χ3n) is 7.75. The van der Waals surface area contributed by atoms with E-state index in [0.717, 1.165) is 39.6 Å². The maximum Gasteiger partial charge on any atom is 0.337 e. The van der Waals surface area contributed by atoms with Crippen molar-refractivity contribution in [2.45, 2.75) is 19.9 Å². The molecule has 0 saturated heterocycles. The van der Waals surface area contributed by atoms with E-state index in [4.69, 9.17) is 19.8 Å². The molecule has 0 spiro atoms. The molecule has 1 atom stereocenters. The Morgan fingerprint density at radius 2 is 1.51 bits per heavy atom. The number of amidine groups is 2. The van der Waals surface area contributed by atoms with Crippen molar-refractivity contribution < 1.29 is 14.3 Å². The van der Waals surface area contributed by atoms with E-state index < -0.39 is 5.97 Å². The number of esters is 1. The number of aromatic nitrogens is 2. The third-order valence-corrected chi connectivity index (χ3v) is 7.75. The maximum atomic E-state index is 12.3. The summed E-state index contributed by atoms with van der Waals surface area (Å²) < 4.78 is 6.82. The van der Waals surface area contributed by atoms with Gasteiger partial charge in [-0.3, -0.25) is 4.79 Å². The first kappa shape index (κ1) is 27.8. The number of nitrogens with zero attached hydrogens (tertiary/aromatic N) is 5. The number of anilines is 3. The van der Waals surface area contributed by atoms with Crippen molar-refractivity contribution in [2.75, 3.05) is 22.6 Å². The first-order valence-corrected chi connectivity index (χ1v) is 14.4. The Morgan fingerprint density at radius 3 is 2.22 bits per heavy atom. The van der Waals surface area contributed by atoms with Crippen molar-refractivity contribution in [1.29, 1.82) is 0 Å². The first-order chi connectivity index (χ1) is 21.9. The molecule has 0 saturated carbocycles. The normalized spacial score (nSPS) is 14.7. The lowest BCUT2D eigenvalue weighted by Crippen LogP contribution is -2.46. The highest BCUT2D eigenvalue weighted by molar-refractivity contribution is 6.51. The Kier molecular flexibility index (Phi) is 6.94. The van der Waals surface area contributed by atoms with Crippen molar-refractivity contribution in [2.24, 2.45) is 9.98 Å². The standard InChI is InChI=1S/C35H29N7O3/c1-21-30-31(23-13-15-24(16-14-23)35(44)45-3)41-29-12-8-7-11-28(29)38-32(37-26-19-17-25(18-20-26)36-22(2)43)34(41)39-33(30)42(40-21)27-9-5-4-6-10-27/h4-20,31H,1-3H3,(H,36,43)(H,37,38)/t31-/m1/s1. The van der Waals surface area contributed by atoms with E-state index in [2.05, 4.69) is 15.5 Å². The van der Waals surface area contributed by atoms with Crippen LogP contribution in [0.25, 0.3) is 5.69 Å². The molecule has 10 heteroatoms. The highest BCUT2D eigenvalue weighted by Crippen LogP contribution is 2.48. The van der Waals surface area contributed by atoms with Crippen molar-refractivity contribution in [3.8, 4) is 5.69 Å². The molecule has 0 radical (unpaired) electrons. The molecule has 0 fully saturated rings. The summed E-state index contributed by atoms with van der Waals surface area (Å²) in [6.45, 7) is 3.47. The molecule has 2 aliphatic heterocycles. The molecule has 1 aromatic heterocycles. The molecule has 0 bridgehead atoms. The molecule has 5 aromatic rings. The van der Waals surface area contributed by atoms with E-state index in [1.807, 2.05) is 103 Å². The van der Waals surface area contributed by atoms with Crippen LogP contribution >= 0.6 is 0 Å². The molecule has 10 nitrogen and oxygen atoms in total. The predicted molar refractivity (Wildman–Crippen MR) is 175 cm³/mol. The van der Waals surface area contributed by atoms with E-state index in [0.29, 0.717) is 28.7 Å². The van der Waals surface area contributed by atoms with Crippen LogP contribution in [0.3, 0.4) is 0 Å². The Balaban J connectivity index is 1.42. The van der Waals surface area contributed by atoms with Gasteiger partial charge in [0.15, 0.2) is 17.5 Å². The molecule has 222 valence electrons. The number of aliphatic imine (C=N–C) groups is 2. The summed E-state index contributed by atoms with van der Waals surface area (Å²) in [4.78, 5) is 36.3. The van der Waals surface area contributed by atoms with Gasteiger partial charge in [0.1, 0.15) is 0 Å². The fraction of sp³-hybridized carbons (Fsp3) is 0.114. The molecule has 7 rings (SSSR count). The maximum absolute atomic E-state index is 12.3. The summed E-state index contributed by atoms with van der Waals surface area (Å²) >= 11 is 0. The van der Waals surface area contributed by atoms with Gasteiger partial charge in [-0.15, -0.1) is 0 Å². The van der Waals surface area contributed by atoms with E-state index >= 15 is 0 Å². The van der Waals surface area contributed by atoms with Crippen LogP contribution in [0.4, 0.5) is 28.6 Å². The molecule has 0 unspecified atom stereocenters. The van der Waals surface area contributed by atoms with Crippen LogP contribution in [0.5, 0.6) is 0 Å². The van der Waals surface area contributed by atoms with Gasteiger partial charge in [-0.1, -0.05) is 42.5 Å². The SMILES string of the molecule is COC(=O)c1ccc([C@@H]2c3c(C)nn(-c4ccccc4)c3N=C3C(Nc4ccc(NC(C)=O)cc4)=Nc4ccccc4N32)cc1. The zero-order valence-corrected chi connectivity index (χ0v) is 24.9. The monoisotopic (exact) mass is 595 g/mol. The van der Waals surface area contributed by atoms with Gasteiger partial charge in [0.05, 0.1) is 41.5 Å². The zero-order valence-electron chi connectivity index (χ0n) is 24.9. The number of nitrogens with one attached hydrogen (secondary N) is 2. The van der Waals surface area contributed by atoms with Crippen LogP contribution < -0.4 is 15.5 Å². The fourth-order valence-corrected chi connectivity index (χ4v) is 5.76. The van der Waals surface area contributed by atoms with E-state index in [9.17, 15) is 9.59 Å². The average molecular weight is 596 g/mol. The second kappa shape index (κ2) is 11.2. The number of carbonyl (C=O) groups is 2. The fourth-order valence-electron chi connectivity index (χ4n) is 5.76. The van der Waals surface area contributed by atoms with Crippen molar-refractivity contribution in [3.63, 3.8) is 0 Å². The number of ether oxygens (including phenoxy) is 1. The Hall–Kier alpha value is -6.03. The van der Waals surface area contributed by atoms with Gasteiger partial charge in [-0.25, -0.2) is 19.5 Å². The quantitative estimate of drug-likeness (QED) is 0.218. The van der Waals surface area contributed by atoms with Crippen LogP contribution in [0.15, 0.2) is 113 Å². The molecule has 3 heterocycles. The Labute approximate surface area is 259 Å². The van der Waals surface area contributed by atoms with Gasteiger partial charge in [0, 0.05) is 23.9 Å². The number of carbonyl (C=O) groups excluding carboxylic acids is 2. The Morgan fingerprint density at radius 1 is 0.822 bits per heavy atom. The highest BCUT2D eigenvalue weighted by Gasteiger charge is 2.41.